The molecule has 0 bridgehead atoms. The van der Waals surface area contributed by atoms with Crippen LogP contribution in [-0.2, 0) is 0 Å². The maximum absolute atomic E-state index is 12.4. The highest BCUT2D eigenvalue weighted by molar-refractivity contribution is 7.13. The van der Waals surface area contributed by atoms with Crippen LogP contribution in [0.1, 0.15) is 15.2 Å². The third-order valence-electron chi connectivity index (χ3n) is 3.24. The molecule has 1 aromatic carbocycles. The second-order valence-electron chi connectivity index (χ2n) is 4.60. The molecular weight excluding hydrogens is 300 g/mol. The highest BCUT2D eigenvalue weighted by atomic mass is 32.1. The molecule has 0 spiro atoms. The van der Waals surface area contributed by atoms with Crippen molar-refractivity contribution in [3.63, 3.8) is 0 Å². The van der Waals surface area contributed by atoms with Crippen molar-refractivity contribution < 1.29 is 4.79 Å². The van der Waals surface area contributed by atoms with E-state index < -0.39 is 0 Å². The van der Waals surface area contributed by atoms with Crippen molar-refractivity contribution in [2.45, 2.75) is 0 Å². The number of nitrogens with one attached hydrogen (secondary N) is 1. The molecule has 1 N–H and O–H groups in total. The van der Waals surface area contributed by atoms with Crippen LogP contribution < -0.4 is 0 Å². The Labute approximate surface area is 128 Å². The smallest absolute Gasteiger partial charge is 0.203 e. The fourth-order valence-electron chi connectivity index (χ4n) is 2.23. The summed E-state index contributed by atoms with van der Waals surface area (Å²) in [6, 6.07) is 13.4. The molecule has 0 fully saturated rings. The summed E-state index contributed by atoms with van der Waals surface area (Å²) < 4.78 is 0. The van der Waals surface area contributed by atoms with E-state index in [0.29, 0.717) is 5.56 Å². The molecule has 5 heteroatoms. The van der Waals surface area contributed by atoms with E-state index in [1.54, 1.807) is 11.3 Å². The molecule has 3 nitrogen and oxygen atoms in total. The lowest BCUT2D eigenvalue weighted by Gasteiger charge is -1.97. The molecule has 0 saturated carbocycles. The number of benzene rings is 1. The second-order valence-corrected chi connectivity index (χ2v) is 6.50. The first-order chi connectivity index (χ1) is 10.3. The van der Waals surface area contributed by atoms with Gasteiger partial charge in [0.15, 0.2) is 0 Å². The number of aromatic amines is 1. The SMILES string of the molecule is O=C(c1ccc2nc(-c3cccs3)[nH]c2c1)c1cccs1. The fourth-order valence-corrected chi connectivity index (χ4v) is 3.59. The summed E-state index contributed by atoms with van der Waals surface area (Å²) in [6.45, 7) is 0. The van der Waals surface area contributed by atoms with Crippen molar-refractivity contribution >= 4 is 39.5 Å². The van der Waals surface area contributed by atoms with Gasteiger partial charge in [0.25, 0.3) is 0 Å². The van der Waals surface area contributed by atoms with Crippen molar-refractivity contribution in [1.29, 1.82) is 0 Å². The van der Waals surface area contributed by atoms with E-state index in [9.17, 15) is 4.79 Å². The van der Waals surface area contributed by atoms with Crippen molar-refractivity contribution in [2.24, 2.45) is 0 Å². The van der Waals surface area contributed by atoms with Gasteiger partial charge in [-0.05, 0) is 41.1 Å². The van der Waals surface area contributed by atoms with E-state index in [-0.39, 0.29) is 5.78 Å². The number of nitrogens with zero attached hydrogens (tertiary/aromatic N) is 1. The Kier molecular flexibility index (Phi) is 2.94. The van der Waals surface area contributed by atoms with Gasteiger partial charge >= 0.3 is 0 Å². The number of imidazole rings is 1. The number of carbonyl (C=O) groups is 1. The summed E-state index contributed by atoms with van der Waals surface area (Å²) in [7, 11) is 0. The minimum atomic E-state index is 0.0548. The third-order valence-corrected chi connectivity index (χ3v) is 4.99. The topological polar surface area (TPSA) is 45.8 Å². The van der Waals surface area contributed by atoms with Gasteiger partial charge in [-0.1, -0.05) is 12.1 Å². The van der Waals surface area contributed by atoms with E-state index in [1.807, 2.05) is 53.2 Å². The Balaban J connectivity index is 1.78. The summed E-state index contributed by atoms with van der Waals surface area (Å²) in [4.78, 5) is 22.1. The van der Waals surface area contributed by atoms with Crippen LogP contribution in [0.25, 0.3) is 21.7 Å². The molecule has 0 aliphatic carbocycles. The number of ketones is 1. The molecular formula is C16H10N2OS2. The number of aromatic nitrogens is 2. The van der Waals surface area contributed by atoms with Crippen LogP contribution in [0.2, 0.25) is 0 Å². The van der Waals surface area contributed by atoms with Crippen molar-refractivity contribution in [3.05, 3.63) is 63.7 Å². The quantitative estimate of drug-likeness (QED) is 0.563. The van der Waals surface area contributed by atoms with Gasteiger partial charge in [-0.3, -0.25) is 4.79 Å². The van der Waals surface area contributed by atoms with Gasteiger partial charge < -0.3 is 4.98 Å². The predicted molar refractivity (Wildman–Crippen MR) is 87.2 cm³/mol. The molecule has 3 heterocycles. The Morgan fingerprint density at radius 1 is 1.05 bits per heavy atom. The van der Waals surface area contributed by atoms with E-state index >= 15 is 0 Å². The predicted octanol–water partition coefficient (Wildman–Crippen LogP) is 4.58. The average molecular weight is 310 g/mol. The van der Waals surface area contributed by atoms with Crippen molar-refractivity contribution in [3.8, 4) is 10.7 Å². The third kappa shape index (κ3) is 2.20. The molecule has 0 radical (unpaired) electrons. The van der Waals surface area contributed by atoms with Gasteiger partial charge in [0.1, 0.15) is 5.82 Å². The largest absolute Gasteiger partial charge is 0.337 e. The van der Waals surface area contributed by atoms with E-state index in [2.05, 4.69) is 9.97 Å². The first-order valence-corrected chi connectivity index (χ1v) is 8.19. The molecule has 4 rings (SSSR count). The summed E-state index contributed by atoms with van der Waals surface area (Å²) in [5, 5.41) is 3.94. The van der Waals surface area contributed by atoms with Gasteiger partial charge in [0.05, 0.1) is 20.8 Å². The summed E-state index contributed by atoms with van der Waals surface area (Å²) >= 11 is 3.10. The van der Waals surface area contributed by atoms with Crippen LogP contribution in [0.5, 0.6) is 0 Å². The van der Waals surface area contributed by atoms with Crippen molar-refractivity contribution in [2.75, 3.05) is 0 Å². The van der Waals surface area contributed by atoms with E-state index in [4.69, 9.17) is 0 Å². The van der Waals surface area contributed by atoms with Gasteiger partial charge in [-0.2, -0.15) is 0 Å². The lowest BCUT2D eigenvalue weighted by molar-refractivity contribution is 0.104. The van der Waals surface area contributed by atoms with Crippen LogP contribution in [0, 0.1) is 0 Å². The van der Waals surface area contributed by atoms with Crippen LogP contribution >= 0.6 is 22.7 Å². The molecule has 3 aromatic heterocycles. The molecule has 0 unspecified atom stereocenters. The number of hydrogen-bond donors (Lipinski definition) is 1. The Hall–Kier alpha value is -2.24. The molecule has 0 amide bonds. The maximum Gasteiger partial charge on any atom is 0.203 e. The molecule has 21 heavy (non-hydrogen) atoms. The number of fused-ring (bicyclic) bond motifs is 1. The zero-order chi connectivity index (χ0) is 14.2. The van der Waals surface area contributed by atoms with Gasteiger partial charge in [-0.15, -0.1) is 22.7 Å². The Morgan fingerprint density at radius 3 is 2.67 bits per heavy atom. The zero-order valence-electron chi connectivity index (χ0n) is 10.9. The molecule has 102 valence electrons. The number of hydrogen-bond acceptors (Lipinski definition) is 4. The minimum Gasteiger partial charge on any atom is -0.337 e. The lowest BCUT2D eigenvalue weighted by Crippen LogP contribution is -1.97. The molecule has 0 aliphatic heterocycles. The van der Waals surface area contributed by atoms with E-state index in [0.717, 1.165) is 26.6 Å². The first-order valence-electron chi connectivity index (χ1n) is 6.43. The number of carbonyl (C=O) groups excluding carboxylic acids is 1. The summed E-state index contributed by atoms with van der Waals surface area (Å²) in [5.74, 6) is 0.903. The van der Waals surface area contributed by atoms with Gasteiger partial charge in [0, 0.05) is 5.56 Å². The maximum atomic E-state index is 12.4. The van der Waals surface area contributed by atoms with Crippen LogP contribution in [-0.4, -0.2) is 15.8 Å². The number of rotatable bonds is 3. The number of H-pyrrole nitrogens is 1. The minimum absolute atomic E-state index is 0.0548. The second kappa shape index (κ2) is 4.95. The van der Waals surface area contributed by atoms with Crippen LogP contribution in [0.3, 0.4) is 0 Å². The fraction of sp³-hybridized carbons (Fsp3) is 0. The number of thiophene rings is 2. The van der Waals surface area contributed by atoms with E-state index in [1.165, 1.54) is 11.3 Å². The highest BCUT2D eigenvalue weighted by Crippen LogP contribution is 2.25. The zero-order valence-corrected chi connectivity index (χ0v) is 12.5. The summed E-state index contributed by atoms with van der Waals surface area (Å²) in [5.41, 5.74) is 2.45. The van der Waals surface area contributed by atoms with Crippen LogP contribution in [0.4, 0.5) is 0 Å². The Morgan fingerprint density at radius 2 is 1.90 bits per heavy atom. The normalized spacial score (nSPS) is 11.0. The van der Waals surface area contributed by atoms with Gasteiger partial charge in [-0.25, -0.2) is 4.98 Å². The first kappa shape index (κ1) is 12.5. The van der Waals surface area contributed by atoms with Gasteiger partial charge in [0.2, 0.25) is 5.78 Å². The lowest BCUT2D eigenvalue weighted by atomic mass is 10.1. The standard InChI is InChI=1S/C16H10N2OS2/c19-15(13-3-1-7-20-13)10-5-6-11-12(9-10)18-16(17-11)14-4-2-8-21-14/h1-9H,(H,17,18). The summed E-state index contributed by atoms with van der Waals surface area (Å²) in [6.07, 6.45) is 0. The molecule has 4 aromatic rings. The monoisotopic (exact) mass is 310 g/mol. The van der Waals surface area contributed by atoms with Crippen molar-refractivity contribution in [1.82, 2.24) is 9.97 Å². The highest BCUT2D eigenvalue weighted by Gasteiger charge is 2.12. The molecule has 0 atom stereocenters. The molecule has 0 saturated heterocycles. The molecule has 0 aliphatic rings. The van der Waals surface area contributed by atoms with Crippen LogP contribution in [0.15, 0.2) is 53.2 Å². The average Bonchev–Trinajstić information content (AvgIpc) is 3.24. The Bertz CT molecular complexity index is 905.